The minimum absolute atomic E-state index is 0.527. The van der Waals surface area contributed by atoms with Crippen molar-refractivity contribution in [3.63, 3.8) is 0 Å². The molecule has 3 heteroatoms. The van der Waals surface area contributed by atoms with E-state index in [2.05, 4.69) is 27.2 Å². The summed E-state index contributed by atoms with van der Waals surface area (Å²) in [5.74, 6) is 0. The van der Waals surface area contributed by atoms with Crippen molar-refractivity contribution in [2.24, 2.45) is 3.21 Å². The van der Waals surface area contributed by atoms with Crippen LogP contribution in [0.25, 0.3) is 0 Å². The van der Waals surface area contributed by atoms with Crippen LogP contribution in [0.4, 0.5) is 0 Å². The van der Waals surface area contributed by atoms with Crippen LogP contribution in [0, 0.1) is 0 Å². The van der Waals surface area contributed by atoms with Crippen LogP contribution in [0.2, 0.25) is 4.44 Å². The molecule has 0 aromatic carbocycles. The van der Waals surface area contributed by atoms with E-state index in [1.54, 1.807) is 0 Å². The van der Waals surface area contributed by atoms with Gasteiger partial charge in [-0.1, -0.05) is 0 Å². The van der Waals surface area contributed by atoms with Crippen molar-refractivity contribution < 1.29 is 0 Å². The fraction of sp³-hybridized carbons (Fsp3) is 0.250. The van der Waals surface area contributed by atoms with Gasteiger partial charge in [0.25, 0.3) is 0 Å². The van der Waals surface area contributed by atoms with E-state index in [0.717, 1.165) is 4.44 Å². The molecule has 0 fully saturated rings. The van der Waals surface area contributed by atoms with E-state index >= 15 is 0 Å². The van der Waals surface area contributed by atoms with Crippen molar-refractivity contribution in [2.75, 3.05) is 0 Å². The molecule has 0 rings (SSSR count). The molecule has 1 nitrogen and oxygen atoms in total. The van der Waals surface area contributed by atoms with Crippen LogP contribution >= 0.6 is 12.2 Å². The summed E-state index contributed by atoms with van der Waals surface area (Å²) < 4.78 is 4.89. The van der Waals surface area contributed by atoms with Gasteiger partial charge in [0.2, 0.25) is 0 Å². The van der Waals surface area contributed by atoms with Crippen molar-refractivity contribution in [2.45, 2.75) is 4.44 Å². The number of isothiocyanates is 1. The van der Waals surface area contributed by atoms with Crippen LogP contribution in [0.5, 0.6) is 0 Å². The summed E-state index contributed by atoms with van der Waals surface area (Å²) in [5.41, 5.74) is 0. The van der Waals surface area contributed by atoms with Gasteiger partial charge in [0.1, 0.15) is 0 Å². The Kier molecular flexibility index (Phi) is 6.65. The monoisotopic (exact) mass is 219 g/mol. The average Bonchev–Trinajstić information content (AvgIpc) is 1.69. The quantitative estimate of drug-likeness (QED) is 0.228. The number of allylic oxidation sites excluding steroid dienone is 1. The van der Waals surface area contributed by atoms with Gasteiger partial charge in [-0.05, 0) is 0 Å². The van der Waals surface area contributed by atoms with Gasteiger partial charge in [0, 0.05) is 0 Å². The van der Waals surface area contributed by atoms with Crippen molar-refractivity contribution in [1.29, 1.82) is 0 Å². The summed E-state index contributed by atoms with van der Waals surface area (Å²) in [5, 5.41) is 2.34. The molecule has 0 spiro atoms. The molecule has 0 heterocycles. The summed E-state index contributed by atoms with van der Waals surface area (Å²) in [4.78, 5) is 0. The molecule has 7 heavy (non-hydrogen) atoms. The minimum atomic E-state index is -0.527. The van der Waals surface area contributed by atoms with Crippen LogP contribution in [-0.2, 0) is 0 Å². The standard InChI is InChI=1S/C3H5.CNS.Sn/c1-3-2;2-1-3;/h3H,1-2H2;;/q;-1;+1. The van der Waals surface area contributed by atoms with Crippen LogP contribution in [-0.4, -0.2) is 26.6 Å². The van der Waals surface area contributed by atoms with Gasteiger partial charge in [-0.3, -0.25) is 0 Å². The summed E-state index contributed by atoms with van der Waals surface area (Å²) in [7, 11) is 0. The van der Waals surface area contributed by atoms with Gasteiger partial charge in [-0.25, -0.2) is 0 Å². The Balaban J connectivity index is 2.97. The van der Waals surface area contributed by atoms with Gasteiger partial charge in [-0.2, -0.15) is 0 Å². The zero-order chi connectivity index (χ0) is 5.54. The molecule has 2 radical (unpaired) electrons. The molecule has 0 aliphatic heterocycles. The third-order valence-electron chi connectivity index (χ3n) is 0.360. The fourth-order valence-corrected chi connectivity index (χ4v) is 1.39. The molecule has 0 amide bonds. The topological polar surface area (TPSA) is 12.4 Å². The van der Waals surface area contributed by atoms with E-state index in [1.807, 2.05) is 6.08 Å². The number of hydrogen-bond donors (Lipinski definition) is 0. The maximum atomic E-state index is 4.36. The van der Waals surface area contributed by atoms with E-state index < -0.39 is 21.4 Å². The first-order valence-corrected chi connectivity index (χ1v) is 5.52. The molecule has 0 atom stereocenters. The molecular weight excluding hydrogens is 213 g/mol. The number of rotatable bonds is 3. The number of thiocarbonyl (C=S) groups is 1. The fourth-order valence-electron chi connectivity index (χ4n) is 0.142. The number of nitrogens with zero attached hydrogens (tertiary/aromatic N) is 1. The Bertz CT molecular complexity index is 95.9. The van der Waals surface area contributed by atoms with Gasteiger partial charge < -0.3 is 0 Å². The average molecular weight is 218 g/mol. The van der Waals surface area contributed by atoms with Crippen molar-refractivity contribution >= 4 is 38.8 Å². The molecule has 36 valence electrons. The summed E-state index contributed by atoms with van der Waals surface area (Å²) in [6.45, 7) is 3.55. The molecule has 0 aliphatic carbocycles. The Morgan fingerprint density at radius 2 is 2.71 bits per heavy atom. The molecule has 0 saturated carbocycles. The van der Waals surface area contributed by atoms with Crippen LogP contribution in [0.15, 0.2) is 15.9 Å². The second-order valence-corrected chi connectivity index (χ2v) is 3.74. The maximum absolute atomic E-state index is 4.36. The van der Waals surface area contributed by atoms with Crippen molar-refractivity contribution in [3.8, 4) is 0 Å². The third kappa shape index (κ3) is 6.34. The van der Waals surface area contributed by atoms with E-state index in [1.165, 1.54) is 0 Å². The molecule has 0 aromatic rings. The number of hydrogen-bond acceptors (Lipinski definition) is 2. The first-order chi connectivity index (χ1) is 3.41. The Hall–Kier alpha value is 0.339. The molecule has 0 unspecified atom stereocenters. The van der Waals surface area contributed by atoms with E-state index in [4.69, 9.17) is 0 Å². The Morgan fingerprint density at radius 1 is 2.00 bits per heavy atom. The second-order valence-electron chi connectivity index (χ2n) is 0.854. The summed E-state index contributed by atoms with van der Waals surface area (Å²) in [6, 6.07) is 0. The molecule has 0 bridgehead atoms. The predicted molar refractivity (Wildman–Crippen MR) is 35.8 cm³/mol. The third-order valence-corrected chi connectivity index (χ3v) is 3.03. The Labute approximate surface area is 59.1 Å². The normalized spacial score (nSPS) is 6.86. The second kappa shape index (κ2) is 6.34. The molecule has 0 saturated heterocycles. The predicted octanol–water partition coefficient (Wildman–Crippen LogP) is 1.31. The molecule has 0 aliphatic rings. The van der Waals surface area contributed by atoms with Gasteiger partial charge in [0.15, 0.2) is 0 Å². The zero-order valence-corrected chi connectivity index (χ0v) is 7.52. The van der Waals surface area contributed by atoms with Gasteiger partial charge >= 0.3 is 59.1 Å². The summed E-state index contributed by atoms with van der Waals surface area (Å²) >= 11 is 3.83. The van der Waals surface area contributed by atoms with Crippen LogP contribution < -0.4 is 0 Å². The SMILES string of the molecule is C=C[CH2][Sn][N]=C=S. The van der Waals surface area contributed by atoms with E-state index in [0.29, 0.717) is 0 Å². The van der Waals surface area contributed by atoms with E-state index in [-0.39, 0.29) is 0 Å². The van der Waals surface area contributed by atoms with Gasteiger partial charge in [-0.15, -0.1) is 0 Å². The van der Waals surface area contributed by atoms with Gasteiger partial charge in [0.05, 0.1) is 0 Å². The molecular formula is C4H5NSSn. The first kappa shape index (κ1) is 7.34. The summed E-state index contributed by atoms with van der Waals surface area (Å²) in [6.07, 6.45) is 1.88. The molecule has 0 N–H and O–H groups in total. The Morgan fingerprint density at radius 3 is 3.14 bits per heavy atom. The first-order valence-electron chi connectivity index (χ1n) is 1.82. The van der Waals surface area contributed by atoms with Crippen molar-refractivity contribution in [1.82, 2.24) is 0 Å². The molecule has 0 aromatic heterocycles. The zero-order valence-electron chi connectivity index (χ0n) is 3.85. The van der Waals surface area contributed by atoms with Crippen LogP contribution in [0.1, 0.15) is 0 Å². The van der Waals surface area contributed by atoms with Crippen molar-refractivity contribution in [3.05, 3.63) is 12.7 Å². The van der Waals surface area contributed by atoms with E-state index in [9.17, 15) is 0 Å². The van der Waals surface area contributed by atoms with Crippen LogP contribution in [0.3, 0.4) is 0 Å².